The van der Waals surface area contributed by atoms with E-state index in [1.54, 1.807) is 0 Å². The minimum Gasteiger partial charge on any atom is -0.479 e. The summed E-state index contributed by atoms with van der Waals surface area (Å²) in [5.74, 6) is -1.32. The SMILES string of the molecule is CC(N=[N+]=[N-])C(N=[N+]=[N-])C1O[C@H](C(=O)O)CC(O)C1N=[N+]=[N-]. The molecule has 0 radical (unpaired) electrons. The van der Waals surface area contributed by atoms with E-state index in [2.05, 4.69) is 30.1 Å². The first kappa shape index (κ1) is 17.4. The number of azide groups is 3. The number of carbonyl (C=O) groups is 1. The zero-order valence-corrected chi connectivity index (χ0v) is 11.4. The van der Waals surface area contributed by atoms with E-state index in [0.717, 1.165) is 0 Å². The Labute approximate surface area is 123 Å². The molecule has 0 amide bonds. The molecule has 0 spiro atoms. The number of rotatable bonds is 6. The Hall–Kier alpha value is -2.68. The summed E-state index contributed by atoms with van der Waals surface area (Å²) in [6.07, 6.45) is -4.18. The molecule has 6 atom stereocenters. The molecule has 1 rings (SSSR count). The fourth-order valence-electron chi connectivity index (χ4n) is 2.19. The van der Waals surface area contributed by atoms with Gasteiger partial charge in [0.15, 0.2) is 6.10 Å². The highest BCUT2D eigenvalue weighted by molar-refractivity contribution is 5.72. The van der Waals surface area contributed by atoms with Crippen molar-refractivity contribution in [2.75, 3.05) is 0 Å². The largest absolute Gasteiger partial charge is 0.479 e. The average Bonchev–Trinajstić information content (AvgIpc) is 2.47. The van der Waals surface area contributed by atoms with Crippen LogP contribution in [0.2, 0.25) is 0 Å². The summed E-state index contributed by atoms with van der Waals surface area (Å²) in [7, 11) is 0. The number of aliphatic carboxylic acids is 1. The summed E-state index contributed by atoms with van der Waals surface area (Å²) >= 11 is 0. The fraction of sp³-hybridized carbons (Fsp3) is 0.889. The normalized spacial score (nSPS) is 29.9. The van der Waals surface area contributed by atoms with E-state index in [1.807, 2.05) is 0 Å². The first-order chi connectivity index (χ1) is 10.5. The van der Waals surface area contributed by atoms with Crippen LogP contribution in [0.25, 0.3) is 31.3 Å². The van der Waals surface area contributed by atoms with Crippen molar-refractivity contribution in [2.45, 2.75) is 49.8 Å². The molecular weight excluding hydrogens is 298 g/mol. The van der Waals surface area contributed by atoms with Gasteiger partial charge in [0.05, 0.1) is 24.3 Å². The Morgan fingerprint density at radius 1 is 1.27 bits per heavy atom. The molecule has 2 N–H and O–H groups in total. The highest BCUT2D eigenvalue weighted by Gasteiger charge is 2.44. The number of nitrogens with zero attached hydrogens (tertiary/aromatic N) is 9. The minimum atomic E-state index is -1.36. The highest BCUT2D eigenvalue weighted by atomic mass is 16.5. The number of aliphatic hydroxyl groups is 1. The molecule has 1 saturated heterocycles. The van der Waals surface area contributed by atoms with Gasteiger partial charge in [0.1, 0.15) is 0 Å². The molecule has 5 unspecified atom stereocenters. The Balaban J connectivity index is 3.23. The molecule has 118 valence electrons. The monoisotopic (exact) mass is 311 g/mol. The number of carboxylic acids is 1. The van der Waals surface area contributed by atoms with Crippen molar-refractivity contribution in [1.82, 2.24) is 0 Å². The molecule has 0 aromatic heterocycles. The topological polar surface area (TPSA) is 213 Å². The summed E-state index contributed by atoms with van der Waals surface area (Å²) in [6.45, 7) is 1.42. The first-order valence-electron chi connectivity index (χ1n) is 6.15. The molecule has 0 saturated carbocycles. The van der Waals surface area contributed by atoms with Crippen LogP contribution in [0.3, 0.4) is 0 Å². The van der Waals surface area contributed by atoms with E-state index in [1.165, 1.54) is 6.92 Å². The van der Waals surface area contributed by atoms with Crippen LogP contribution in [0.5, 0.6) is 0 Å². The second-order valence-corrected chi connectivity index (χ2v) is 4.57. The van der Waals surface area contributed by atoms with Crippen LogP contribution in [0.15, 0.2) is 15.3 Å². The van der Waals surface area contributed by atoms with Gasteiger partial charge in [0, 0.05) is 27.2 Å². The molecule has 22 heavy (non-hydrogen) atoms. The standard InChI is InChI=1S/C9H13N9O4/c1-3(13-16-10)6(14-17-11)8-7(15-18-12)4(19)2-5(22-8)9(20)21/h3-8,19H,2H2,1H3,(H,20,21)/t3?,4?,5-,6?,7?,8?/m0/s1. The van der Waals surface area contributed by atoms with Crippen LogP contribution in [0.4, 0.5) is 0 Å². The van der Waals surface area contributed by atoms with Crippen molar-refractivity contribution in [1.29, 1.82) is 0 Å². The number of ether oxygens (including phenoxy) is 1. The highest BCUT2D eigenvalue weighted by Crippen LogP contribution is 2.29. The average molecular weight is 311 g/mol. The van der Waals surface area contributed by atoms with Gasteiger partial charge in [-0.05, 0) is 16.6 Å². The van der Waals surface area contributed by atoms with Crippen molar-refractivity contribution in [2.24, 2.45) is 15.3 Å². The van der Waals surface area contributed by atoms with E-state index < -0.39 is 42.4 Å². The minimum absolute atomic E-state index is 0.283. The predicted molar refractivity (Wildman–Crippen MR) is 71.4 cm³/mol. The van der Waals surface area contributed by atoms with Crippen LogP contribution in [-0.4, -0.2) is 52.6 Å². The first-order valence-corrected chi connectivity index (χ1v) is 6.15. The molecule has 0 aliphatic carbocycles. The quantitative estimate of drug-likeness (QED) is 0.424. The van der Waals surface area contributed by atoms with Gasteiger partial charge in [-0.25, -0.2) is 4.79 Å². The Bertz CT molecular complexity index is 563. The Kier molecular flexibility index (Phi) is 6.26. The maximum absolute atomic E-state index is 11.1. The number of hydrogen-bond donors (Lipinski definition) is 2. The number of aliphatic hydroxyl groups excluding tert-OH is 1. The molecular formula is C9H13N9O4. The summed E-state index contributed by atoms with van der Waals surface area (Å²) in [5, 5.41) is 29.2. The van der Waals surface area contributed by atoms with Crippen LogP contribution in [0, 0.1) is 0 Å². The third kappa shape index (κ3) is 3.92. The van der Waals surface area contributed by atoms with Gasteiger partial charge >= 0.3 is 5.97 Å². The van der Waals surface area contributed by atoms with Crippen LogP contribution in [0.1, 0.15) is 13.3 Å². The zero-order chi connectivity index (χ0) is 16.7. The van der Waals surface area contributed by atoms with Gasteiger partial charge in [-0.3, -0.25) is 0 Å². The zero-order valence-electron chi connectivity index (χ0n) is 11.4. The number of carboxylic acid groups (broad SMARTS) is 1. The molecule has 1 aliphatic rings. The molecule has 1 heterocycles. The van der Waals surface area contributed by atoms with E-state index in [9.17, 15) is 9.90 Å². The lowest BCUT2D eigenvalue weighted by Crippen LogP contribution is -2.55. The lowest BCUT2D eigenvalue weighted by atomic mass is 9.89. The molecule has 0 aromatic rings. The Morgan fingerprint density at radius 3 is 2.41 bits per heavy atom. The molecule has 0 bridgehead atoms. The molecule has 1 fully saturated rings. The number of hydrogen-bond acceptors (Lipinski definition) is 6. The van der Waals surface area contributed by atoms with Crippen molar-refractivity contribution in [3.8, 4) is 0 Å². The summed E-state index contributed by atoms with van der Waals surface area (Å²) in [6, 6.07) is -3.22. The van der Waals surface area contributed by atoms with Gasteiger partial charge in [-0.15, -0.1) is 0 Å². The molecule has 13 heteroatoms. The fourth-order valence-corrected chi connectivity index (χ4v) is 2.19. The van der Waals surface area contributed by atoms with Crippen molar-refractivity contribution in [3.05, 3.63) is 31.3 Å². The van der Waals surface area contributed by atoms with Gasteiger partial charge in [-0.2, -0.15) is 0 Å². The second kappa shape index (κ2) is 7.93. The summed E-state index contributed by atoms with van der Waals surface area (Å²) in [4.78, 5) is 18.8. The van der Waals surface area contributed by atoms with E-state index in [4.69, 9.17) is 26.4 Å². The van der Waals surface area contributed by atoms with Crippen molar-refractivity contribution < 1.29 is 19.7 Å². The van der Waals surface area contributed by atoms with E-state index in [0.29, 0.717) is 0 Å². The van der Waals surface area contributed by atoms with Gasteiger partial charge < -0.3 is 14.9 Å². The molecule has 1 aliphatic heterocycles. The third-order valence-electron chi connectivity index (χ3n) is 3.22. The van der Waals surface area contributed by atoms with E-state index in [-0.39, 0.29) is 6.42 Å². The maximum atomic E-state index is 11.1. The molecule has 13 nitrogen and oxygen atoms in total. The van der Waals surface area contributed by atoms with Gasteiger partial charge in [-0.1, -0.05) is 22.3 Å². The van der Waals surface area contributed by atoms with Crippen molar-refractivity contribution >= 4 is 5.97 Å². The summed E-state index contributed by atoms with van der Waals surface area (Å²) in [5.41, 5.74) is 25.7. The Morgan fingerprint density at radius 2 is 1.91 bits per heavy atom. The van der Waals surface area contributed by atoms with Crippen molar-refractivity contribution in [3.63, 3.8) is 0 Å². The van der Waals surface area contributed by atoms with Crippen LogP contribution in [-0.2, 0) is 9.53 Å². The van der Waals surface area contributed by atoms with E-state index >= 15 is 0 Å². The second-order valence-electron chi connectivity index (χ2n) is 4.57. The summed E-state index contributed by atoms with van der Waals surface area (Å²) < 4.78 is 5.29. The maximum Gasteiger partial charge on any atom is 0.332 e. The lowest BCUT2D eigenvalue weighted by molar-refractivity contribution is -0.171. The van der Waals surface area contributed by atoms with Crippen LogP contribution >= 0.6 is 0 Å². The smallest absolute Gasteiger partial charge is 0.332 e. The van der Waals surface area contributed by atoms with Gasteiger partial charge in [0.25, 0.3) is 0 Å². The predicted octanol–water partition coefficient (Wildman–Crippen LogP) is 1.65. The lowest BCUT2D eigenvalue weighted by Gasteiger charge is -2.39. The van der Waals surface area contributed by atoms with Crippen LogP contribution < -0.4 is 0 Å². The third-order valence-corrected chi connectivity index (χ3v) is 3.22. The molecule has 0 aromatic carbocycles. The van der Waals surface area contributed by atoms with Gasteiger partial charge in [0.2, 0.25) is 0 Å².